The van der Waals surface area contributed by atoms with Gasteiger partial charge in [0, 0.05) is 5.69 Å². The molecule has 2 aromatic carbocycles. The van der Waals surface area contributed by atoms with Gasteiger partial charge >= 0.3 is 0 Å². The first-order valence-electron chi connectivity index (χ1n) is 6.81. The Morgan fingerprint density at radius 3 is 2.29 bits per heavy atom. The summed E-state index contributed by atoms with van der Waals surface area (Å²) < 4.78 is 0. The zero-order chi connectivity index (χ0) is 15.1. The number of hydrogen-bond acceptors (Lipinski definition) is 2. The molecule has 2 rings (SSSR count). The van der Waals surface area contributed by atoms with Crippen LogP contribution in [-0.4, -0.2) is 18.4 Å². The third kappa shape index (κ3) is 4.76. The molecule has 0 saturated carbocycles. The van der Waals surface area contributed by atoms with Gasteiger partial charge in [-0.05, 0) is 30.2 Å². The van der Waals surface area contributed by atoms with Crippen molar-refractivity contribution in [3.8, 4) is 0 Å². The monoisotopic (exact) mass is 282 g/mol. The highest BCUT2D eigenvalue weighted by Crippen LogP contribution is 2.07. The maximum Gasteiger partial charge on any atom is 0.243 e. The summed E-state index contributed by atoms with van der Waals surface area (Å²) in [6.07, 6.45) is 0.283. The van der Waals surface area contributed by atoms with Gasteiger partial charge in [0.1, 0.15) is 0 Å². The second-order valence-electron chi connectivity index (χ2n) is 4.79. The van der Waals surface area contributed by atoms with Crippen LogP contribution < -0.4 is 10.6 Å². The van der Waals surface area contributed by atoms with Gasteiger partial charge in [-0.15, -0.1) is 0 Å². The van der Waals surface area contributed by atoms with Crippen molar-refractivity contribution >= 4 is 17.5 Å². The topological polar surface area (TPSA) is 58.2 Å². The molecule has 0 fully saturated rings. The molecule has 4 nitrogen and oxygen atoms in total. The summed E-state index contributed by atoms with van der Waals surface area (Å²) in [4.78, 5) is 23.5. The SMILES string of the molecule is Cc1ccccc1CC(=O)NCC(=O)Nc1ccccc1. The molecule has 0 atom stereocenters. The lowest BCUT2D eigenvalue weighted by Crippen LogP contribution is -2.33. The Hall–Kier alpha value is -2.62. The minimum absolute atomic E-state index is 0.0282. The van der Waals surface area contributed by atoms with Gasteiger partial charge in [0.2, 0.25) is 11.8 Å². The molecule has 108 valence electrons. The second kappa shape index (κ2) is 7.24. The van der Waals surface area contributed by atoms with E-state index in [4.69, 9.17) is 0 Å². The summed E-state index contributed by atoms with van der Waals surface area (Å²) in [5.74, 6) is -0.396. The van der Waals surface area contributed by atoms with Crippen LogP contribution in [-0.2, 0) is 16.0 Å². The molecule has 0 aliphatic carbocycles. The van der Waals surface area contributed by atoms with Crippen molar-refractivity contribution in [1.29, 1.82) is 0 Å². The number of carbonyl (C=O) groups is 2. The van der Waals surface area contributed by atoms with Crippen molar-refractivity contribution < 1.29 is 9.59 Å². The Kier molecular flexibility index (Phi) is 5.10. The van der Waals surface area contributed by atoms with Gasteiger partial charge in [-0.2, -0.15) is 0 Å². The Morgan fingerprint density at radius 1 is 0.905 bits per heavy atom. The molecule has 0 heterocycles. The summed E-state index contributed by atoms with van der Waals surface area (Å²) in [6, 6.07) is 16.9. The fourth-order valence-corrected chi connectivity index (χ4v) is 1.95. The van der Waals surface area contributed by atoms with Crippen LogP contribution in [0.2, 0.25) is 0 Å². The molecular formula is C17H18N2O2. The number of hydrogen-bond donors (Lipinski definition) is 2. The van der Waals surface area contributed by atoms with Crippen LogP contribution >= 0.6 is 0 Å². The van der Waals surface area contributed by atoms with Crippen LogP contribution in [0, 0.1) is 6.92 Å². The smallest absolute Gasteiger partial charge is 0.243 e. The normalized spacial score (nSPS) is 9.95. The van der Waals surface area contributed by atoms with E-state index in [0.717, 1.165) is 16.8 Å². The fraction of sp³-hybridized carbons (Fsp3) is 0.176. The van der Waals surface area contributed by atoms with Crippen LogP contribution in [0.15, 0.2) is 54.6 Å². The van der Waals surface area contributed by atoms with E-state index in [0.29, 0.717) is 0 Å². The number of amides is 2. The third-order valence-electron chi connectivity index (χ3n) is 3.12. The highest BCUT2D eigenvalue weighted by molar-refractivity contribution is 5.94. The number of nitrogens with one attached hydrogen (secondary N) is 2. The van der Waals surface area contributed by atoms with Crippen LogP contribution in [0.3, 0.4) is 0 Å². The molecule has 0 bridgehead atoms. The highest BCUT2D eigenvalue weighted by Gasteiger charge is 2.08. The van der Waals surface area contributed by atoms with Crippen molar-refractivity contribution in [3.05, 3.63) is 65.7 Å². The van der Waals surface area contributed by atoms with Gasteiger partial charge in [-0.1, -0.05) is 42.5 Å². The Morgan fingerprint density at radius 2 is 1.57 bits per heavy atom. The van der Waals surface area contributed by atoms with E-state index in [9.17, 15) is 9.59 Å². The average molecular weight is 282 g/mol. The lowest BCUT2D eigenvalue weighted by molar-refractivity contribution is -0.123. The van der Waals surface area contributed by atoms with Gasteiger partial charge in [0.25, 0.3) is 0 Å². The van der Waals surface area contributed by atoms with Gasteiger partial charge in [-0.3, -0.25) is 9.59 Å². The lowest BCUT2D eigenvalue weighted by Gasteiger charge is -2.08. The van der Waals surface area contributed by atoms with Crippen LogP contribution in [0.1, 0.15) is 11.1 Å². The molecule has 2 aromatic rings. The predicted octanol–water partition coefficient (Wildman–Crippen LogP) is 2.29. The first-order chi connectivity index (χ1) is 10.1. The van der Waals surface area contributed by atoms with Crippen LogP contribution in [0.25, 0.3) is 0 Å². The lowest BCUT2D eigenvalue weighted by atomic mass is 10.1. The summed E-state index contributed by atoms with van der Waals surface area (Å²) in [6.45, 7) is 1.93. The minimum Gasteiger partial charge on any atom is -0.347 e. The number of carbonyl (C=O) groups excluding carboxylic acids is 2. The van der Waals surface area contributed by atoms with Crippen LogP contribution in [0.5, 0.6) is 0 Å². The zero-order valence-electron chi connectivity index (χ0n) is 11.9. The molecule has 0 aromatic heterocycles. The predicted molar refractivity (Wildman–Crippen MR) is 83.0 cm³/mol. The van der Waals surface area contributed by atoms with E-state index in [-0.39, 0.29) is 24.8 Å². The maximum atomic E-state index is 11.8. The Bertz CT molecular complexity index is 624. The molecule has 0 radical (unpaired) electrons. The Balaban J connectivity index is 1.79. The quantitative estimate of drug-likeness (QED) is 0.884. The molecule has 2 amide bonds. The minimum atomic E-state index is -0.237. The van der Waals surface area contributed by atoms with Crippen molar-refractivity contribution in [2.75, 3.05) is 11.9 Å². The van der Waals surface area contributed by atoms with Gasteiger partial charge in [0.05, 0.1) is 13.0 Å². The molecule has 0 aliphatic heterocycles. The highest BCUT2D eigenvalue weighted by atomic mass is 16.2. The standard InChI is InChI=1S/C17H18N2O2/c1-13-7-5-6-8-14(13)11-16(20)18-12-17(21)19-15-9-3-2-4-10-15/h2-10H,11-12H2,1H3,(H,18,20)(H,19,21). The molecular weight excluding hydrogens is 264 g/mol. The molecule has 2 N–H and O–H groups in total. The molecule has 0 unspecified atom stereocenters. The largest absolute Gasteiger partial charge is 0.347 e. The number of benzene rings is 2. The van der Waals surface area contributed by atoms with E-state index in [1.165, 1.54) is 0 Å². The van der Waals surface area contributed by atoms with Crippen LogP contribution in [0.4, 0.5) is 5.69 Å². The second-order valence-corrected chi connectivity index (χ2v) is 4.79. The van der Waals surface area contributed by atoms with E-state index < -0.39 is 0 Å². The van der Waals surface area contributed by atoms with Crippen molar-refractivity contribution in [3.63, 3.8) is 0 Å². The maximum absolute atomic E-state index is 11.8. The third-order valence-corrected chi connectivity index (χ3v) is 3.12. The summed E-state index contributed by atoms with van der Waals surface area (Å²) >= 11 is 0. The van der Waals surface area contributed by atoms with Gasteiger partial charge in [-0.25, -0.2) is 0 Å². The number of rotatable bonds is 5. The average Bonchev–Trinajstić information content (AvgIpc) is 2.49. The molecule has 0 saturated heterocycles. The van der Waals surface area contributed by atoms with E-state index in [2.05, 4.69) is 10.6 Å². The molecule has 0 aliphatic rings. The van der Waals surface area contributed by atoms with E-state index >= 15 is 0 Å². The molecule has 21 heavy (non-hydrogen) atoms. The number of anilines is 1. The molecule has 4 heteroatoms. The number of para-hydroxylation sites is 1. The van der Waals surface area contributed by atoms with Crippen molar-refractivity contribution in [2.45, 2.75) is 13.3 Å². The number of aryl methyl sites for hydroxylation is 1. The van der Waals surface area contributed by atoms with E-state index in [1.54, 1.807) is 12.1 Å². The van der Waals surface area contributed by atoms with Crippen molar-refractivity contribution in [2.24, 2.45) is 0 Å². The fourth-order valence-electron chi connectivity index (χ4n) is 1.95. The first-order valence-corrected chi connectivity index (χ1v) is 6.81. The summed E-state index contributed by atoms with van der Waals surface area (Å²) in [7, 11) is 0. The van der Waals surface area contributed by atoms with Gasteiger partial charge in [0.15, 0.2) is 0 Å². The zero-order valence-corrected chi connectivity index (χ0v) is 11.9. The van der Waals surface area contributed by atoms with E-state index in [1.807, 2.05) is 49.4 Å². The summed E-state index contributed by atoms with van der Waals surface area (Å²) in [5, 5.41) is 5.35. The summed E-state index contributed by atoms with van der Waals surface area (Å²) in [5.41, 5.74) is 2.76. The van der Waals surface area contributed by atoms with Gasteiger partial charge < -0.3 is 10.6 Å². The van der Waals surface area contributed by atoms with Crippen molar-refractivity contribution in [1.82, 2.24) is 5.32 Å². The Labute approximate surface area is 124 Å². The first kappa shape index (κ1) is 14.8. The molecule has 0 spiro atoms.